The first-order chi connectivity index (χ1) is 16.3. The largest absolute Gasteiger partial charge is 0.304 e. The van der Waals surface area contributed by atoms with Crippen LogP contribution in [0, 0.1) is 11.8 Å². The number of nitrogens with one attached hydrogen (secondary N) is 2. The number of rotatable bonds is 2. The van der Waals surface area contributed by atoms with Crippen molar-refractivity contribution in [2.24, 2.45) is 16.9 Å². The summed E-state index contributed by atoms with van der Waals surface area (Å²) in [5, 5.41) is 14.9. The molecule has 6 nitrogen and oxygen atoms in total. The van der Waals surface area contributed by atoms with E-state index in [1.165, 1.54) is 18.7 Å². The molecule has 5 rings (SSSR count). The van der Waals surface area contributed by atoms with Gasteiger partial charge in [0.1, 0.15) is 4.87 Å². The zero-order valence-corrected chi connectivity index (χ0v) is 21.3. The average molecular weight is 517 g/mol. The van der Waals surface area contributed by atoms with E-state index in [9.17, 15) is 9.59 Å². The number of hydrazone groups is 1. The molecule has 9 heteroatoms. The van der Waals surface area contributed by atoms with Crippen molar-refractivity contribution in [1.29, 1.82) is 0 Å². The van der Waals surface area contributed by atoms with Crippen molar-refractivity contribution in [1.82, 2.24) is 15.6 Å². The number of thioether (sulfide) groups is 1. The molecule has 2 aromatic rings. The maximum atomic E-state index is 13.0. The molecule has 1 saturated heterocycles. The minimum atomic E-state index is -0.623. The fourth-order valence-electron chi connectivity index (χ4n) is 5.85. The Bertz CT molecular complexity index is 1080. The molecule has 1 aliphatic carbocycles. The van der Waals surface area contributed by atoms with Crippen molar-refractivity contribution < 1.29 is 9.59 Å². The fourth-order valence-corrected chi connectivity index (χ4v) is 7.80. The van der Waals surface area contributed by atoms with E-state index in [0.29, 0.717) is 15.2 Å². The summed E-state index contributed by atoms with van der Waals surface area (Å²) >= 11 is 13.9. The molecular formula is C25H26Cl2N4O2S. The summed E-state index contributed by atoms with van der Waals surface area (Å²) in [7, 11) is 0. The lowest BCUT2D eigenvalue weighted by Crippen LogP contribution is -2.65. The molecule has 4 unspecified atom stereocenters. The summed E-state index contributed by atoms with van der Waals surface area (Å²) in [6.45, 7) is 3.01. The average Bonchev–Trinajstić information content (AvgIpc) is 3.13. The van der Waals surface area contributed by atoms with Gasteiger partial charge in [0, 0.05) is 47.8 Å². The second-order valence-corrected chi connectivity index (χ2v) is 11.3. The Hall–Kier alpha value is -2.06. The molecule has 2 amide bonds. The SMILES string of the molecule is CC(=O)NC1=NN(C(C)=O)C2(S1)C1CCCC2C(c2ccc(Cl)cc2)NC1c1ccc(Cl)cc1. The molecule has 2 aromatic carbocycles. The molecule has 2 heterocycles. The minimum absolute atomic E-state index is 0.0317. The van der Waals surface area contributed by atoms with Gasteiger partial charge in [0.2, 0.25) is 11.8 Å². The highest BCUT2D eigenvalue weighted by Crippen LogP contribution is 2.62. The van der Waals surface area contributed by atoms with Crippen LogP contribution < -0.4 is 10.6 Å². The van der Waals surface area contributed by atoms with Gasteiger partial charge in [-0.25, -0.2) is 5.01 Å². The van der Waals surface area contributed by atoms with Crippen molar-refractivity contribution >= 4 is 51.9 Å². The lowest BCUT2D eigenvalue weighted by atomic mass is 9.64. The first kappa shape index (κ1) is 23.7. The molecular weight excluding hydrogens is 491 g/mol. The number of carbonyl (C=O) groups is 2. The topological polar surface area (TPSA) is 73.8 Å². The molecule has 2 fully saturated rings. The molecule has 178 valence electrons. The zero-order valence-electron chi connectivity index (χ0n) is 18.9. The van der Waals surface area contributed by atoms with Crippen LogP contribution >= 0.6 is 35.0 Å². The molecule has 0 radical (unpaired) electrons. The Morgan fingerprint density at radius 3 is 1.91 bits per heavy atom. The number of hydrogen-bond acceptors (Lipinski definition) is 5. The Morgan fingerprint density at radius 1 is 0.971 bits per heavy atom. The summed E-state index contributed by atoms with van der Waals surface area (Å²) in [5.74, 6) is -0.162. The molecule has 34 heavy (non-hydrogen) atoms. The predicted octanol–water partition coefficient (Wildman–Crippen LogP) is 5.49. The van der Waals surface area contributed by atoms with Crippen LogP contribution in [0.3, 0.4) is 0 Å². The van der Waals surface area contributed by atoms with Gasteiger partial charge in [-0.15, -0.1) is 5.10 Å². The molecule has 0 aromatic heterocycles. The maximum absolute atomic E-state index is 13.0. The van der Waals surface area contributed by atoms with E-state index in [0.717, 1.165) is 30.4 Å². The highest BCUT2D eigenvalue weighted by atomic mass is 35.5. The number of amides is 2. The summed E-state index contributed by atoms with van der Waals surface area (Å²) < 4.78 is 0. The maximum Gasteiger partial charge on any atom is 0.240 e. The normalized spacial score (nSPS) is 30.2. The van der Waals surface area contributed by atoms with E-state index >= 15 is 0 Å². The summed E-state index contributed by atoms with van der Waals surface area (Å²) in [6.07, 6.45) is 2.92. The third-order valence-electron chi connectivity index (χ3n) is 7.08. The first-order valence-corrected chi connectivity index (χ1v) is 13.0. The van der Waals surface area contributed by atoms with Crippen LogP contribution in [0.2, 0.25) is 10.0 Å². The molecule has 2 N–H and O–H groups in total. The van der Waals surface area contributed by atoms with Gasteiger partial charge in [0.05, 0.1) is 0 Å². The predicted molar refractivity (Wildman–Crippen MR) is 136 cm³/mol. The van der Waals surface area contributed by atoms with E-state index in [2.05, 4.69) is 40.0 Å². The number of benzene rings is 2. The van der Waals surface area contributed by atoms with Crippen LogP contribution in [-0.2, 0) is 9.59 Å². The van der Waals surface area contributed by atoms with Crippen molar-refractivity contribution in [2.75, 3.05) is 0 Å². The van der Waals surface area contributed by atoms with E-state index < -0.39 is 4.87 Å². The Morgan fingerprint density at radius 2 is 1.47 bits per heavy atom. The van der Waals surface area contributed by atoms with Gasteiger partial charge in [-0.1, -0.05) is 65.7 Å². The smallest absolute Gasteiger partial charge is 0.240 e. The Balaban J connectivity index is 1.66. The second-order valence-electron chi connectivity index (χ2n) is 9.14. The van der Waals surface area contributed by atoms with Crippen molar-refractivity contribution in [3.8, 4) is 0 Å². The lowest BCUT2D eigenvalue weighted by molar-refractivity contribution is -0.140. The highest BCUT2D eigenvalue weighted by Gasteiger charge is 2.64. The number of halogens is 2. The molecule has 2 bridgehead atoms. The molecule has 3 aliphatic rings. The van der Waals surface area contributed by atoms with Crippen LogP contribution in [0.1, 0.15) is 56.3 Å². The van der Waals surface area contributed by atoms with E-state index in [1.54, 1.807) is 11.9 Å². The van der Waals surface area contributed by atoms with Gasteiger partial charge >= 0.3 is 0 Å². The van der Waals surface area contributed by atoms with Crippen LogP contribution in [0.15, 0.2) is 53.6 Å². The minimum Gasteiger partial charge on any atom is -0.304 e. The van der Waals surface area contributed by atoms with E-state index in [1.807, 2.05) is 24.3 Å². The molecule has 1 saturated carbocycles. The summed E-state index contributed by atoms with van der Waals surface area (Å²) in [6, 6.07) is 15.8. The standard InChI is InChI=1S/C25H26Cl2N4O2S/c1-14(32)28-24-30-31(15(2)33)25(34-24)20-4-3-5-21(25)23(17-8-12-19(27)13-9-17)29-22(20)16-6-10-18(26)11-7-16/h6-13,20-23,29H,3-5H2,1-2H3,(H,28,30,32). The third kappa shape index (κ3) is 4.02. The third-order valence-corrected chi connectivity index (χ3v) is 9.06. The van der Waals surface area contributed by atoms with Gasteiger partial charge < -0.3 is 10.6 Å². The van der Waals surface area contributed by atoms with Gasteiger partial charge in [0.15, 0.2) is 5.17 Å². The van der Waals surface area contributed by atoms with Crippen LogP contribution in [-0.4, -0.2) is 26.9 Å². The molecule has 2 aliphatic heterocycles. The van der Waals surface area contributed by atoms with Crippen LogP contribution in [0.4, 0.5) is 0 Å². The second kappa shape index (κ2) is 9.19. The lowest BCUT2D eigenvalue weighted by Gasteiger charge is -2.59. The van der Waals surface area contributed by atoms with Crippen molar-refractivity contribution in [3.63, 3.8) is 0 Å². The molecule has 1 spiro atoms. The van der Waals surface area contributed by atoms with Crippen LogP contribution in [0.25, 0.3) is 0 Å². The Labute approximate surface area is 213 Å². The summed E-state index contributed by atoms with van der Waals surface area (Å²) in [5.41, 5.74) is 2.23. The zero-order chi connectivity index (χ0) is 24.0. The van der Waals surface area contributed by atoms with Gasteiger partial charge in [-0.3, -0.25) is 9.59 Å². The number of hydrogen-bond donors (Lipinski definition) is 2. The Kier molecular flexibility index (Phi) is 6.40. The number of amidine groups is 1. The first-order valence-electron chi connectivity index (χ1n) is 11.4. The monoisotopic (exact) mass is 516 g/mol. The van der Waals surface area contributed by atoms with Crippen molar-refractivity contribution in [2.45, 2.75) is 50.1 Å². The van der Waals surface area contributed by atoms with Crippen LogP contribution in [0.5, 0.6) is 0 Å². The highest BCUT2D eigenvalue weighted by molar-refractivity contribution is 8.15. The fraction of sp³-hybridized carbons (Fsp3) is 0.400. The van der Waals surface area contributed by atoms with Gasteiger partial charge in [0.25, 0.3) is 0 Å². The molecule has 4 atom stereocenters. The van der Waals surface area contributed by atoms with Gasteiger partial charge in [-0.2, -0.15) is 0 Å². The number of nitrogens with zero attached hydrogens (tertiary/aromatic N) is 2. The quantitative estimate of drug-likeness (QED) is 0.552. The van der Waals surface area contributed by atoms with Crippen molar-refractivity contribution in [3.05, 3.63) is 69.7 Å². The number of carbonyl (C=O) groups excluding carboxylic acids is 2. The van der Waals surface area contributed by atoms with E-state index in [-0.39, 0.29) is 35.7 Å². The van der Waals surface area contributed by atoms with Gasteiger partial charge in [-0.05, 0) is 48.2 Å². The summed E-state index contributed by atoms with van der Waals surface area (Å²) in [4.78, 5) is 24.3. The van der Waals surface area contributed by atoms with E-state index in [4.69, 9.17) is 23.2 Å². The number of piperidine rings is 1.